The van der Waals surface area contributed by atoms with Crippen LogP contribution >= 0.6 is 24.0 Å². The summed E-state index contributed by atoms with van der Waals surface area (Å²) in [5, 5.41) is 3.50. The van der Waals surface area contributed by atoms with Crippen molar-refractivity contribution in [3.8, 4) is 0 Å². The SMILES string of the molecule is I.O=C1CCC2CN(C(=NCC3CCCO3)NCCc3ccco3)CCN12. The number of ether oxygens (including phenoxy) is 1. The molecule has 1 amide bonds. The summed E-state index contributed by atoms with van der Waals surface area (Å²) >= 11 is 0. The Morgan fingerprint density at radius 1 is 1.33 bits per heavy atom. The van der Waals surface area contributed by atoms with Gasteiger partial charge in [-0.3, -0.25) is 9.79 Å². The minimum Gasteiger partial charge on any atom is -0.469 e. The zero-order valence-electron chi connectivity index (χ0n) is 15.6. The van der Waals surface area contributed by atoms with E-state index in [0.717, 1.165) is 70.2 Å². The van der Waals surface area contributed by atoms with Crippen molar-refractivity contribution in [1.29, 1.82) is 0 Å². The van der Waals surface area contributed by atoms with Gasteiger partial charge in [-0.1, -0.05) is 0 Å². The lowest BCUT2D eigenvalue weighted by Gasteiger charge is -2.39. The summed E-state index contributed by atoms with van der Waals surface area (Å²) in [5.74, 6) is 2.21. The van der Waals surface area contributed by atoms with Crippen molar-refractivity contribution in [2.24, 2.45) is 4.99 Å². The van der Waals surface area contributed by atoms with Crippen LogP contribution in [-0.2, 0) is 16.0 Å². The summed E-state index contributed by atoms with van der Waals surface area (Å²) in [6, 6.07) is 4.24. The minimum atomic E-state index is 0. The molecule has 1 N–H and O–H groups in total. The van der Waals surface area contributed by atoms with Gasteiger partial charge in [0.1, 0.15) is 5.76 Å². The second-order valence-electron chi connectivity index (χ2n) is 7.28. The van der Waals surface area contributed by atoms with Crippen LogP contribution in [0.5, 0.6) is 0 Å². The molecule has 2 unspecified atom stereocenters. The van der Waals surface area contributed by atoms with Gasteiger partial charge in [0.2, 0.25) is 5.91 Å². The maximum Gasteiger partial charge on any atom is 0.223 e. The fraction of sp³-hybridized carbons (Fsp3) is 0.684. The van der Waals surface area contributed by atoms with Gasteiger partial charge in [-0.05, 0) is 31.4 Å². The average molecular weight is 488 g/mol. The Kier molecular flexibility index (Phi) is 7.40. The molecule has 3 saturated heterocycles. The number of fused-ring (bicyclic) bond motifs is 1. The smallest absolute Gasteiger partial charge is 0.223 e. The van der Waals surface area contributed by atoms with Crippen LogP contribution in [0.3, 0.4) is 0 Å². The van der Waals surface area contributed by atoms with E-state index in [-0.39, 0.29) is 30.1 Å². The van der Waals surface area contributed by atoms with Crippen molar-refractivity contribution in [1.82, 2.24) is 15.1 Å². The summed E-state index contributed by atoms with van der Waals surface area (Å²) in [7, 11) is 0. The number of aliphatic imine (C=N–C) groups is 1. The molecule has 4 rings (SSSR count). The van der Waals surface area contributed by atoms with Gasteiger partial charge in [-0.15, -0.1) is 24.0 Å². The predicted molar refractivity (Wildman–Crippen MR) is 113 cm³/mol. The summed E-state index contributed by atoms with van der Waals surface area (Å²) in [4.78, 5) is 21.1. The van der Waals surface area contributed by atoms with Crippen LogP contribution in [0.4, 0.5) is 0 Å². The normalized spacial score (nSPS) is 25.5. The number of rotatable bonds is 5. The van der Waals surface area contributed by atoms with Crippen LogP contribution in [0.15, 0.2) is 27.8 Å². The molecule has 0 bridgehead atoms. The van der Waals surface area contributed by atoms with Crippen LogP contribution in [-0.4, -0.2) is 73.1 Å². The average Bonchev–Trinajstić information content (AvgIpc) is 3.41. The maximum atomic E-state index is 11.9. The largest absolute Gasteiger partial charge is 0.469 e. The number of carbonyl (C=O) groups excluding carboxylic acids is 1. The van der Waals surface area contributed by atoms with Crippen LogP contribution in [0.2, 0.25) is 0 Å². The third-order valence-corrected chi connectivity index (χ3v) is 5.50. The van der Waals surface area contributed by atoms with Crippen molar-refractivity contribution in [3.63, 3.8) is 0 Å². The minimum absolute atomic E-state index is 0. The first kappa shape index (κ1) is 20.4. The summed E-state index contributed by atoms with van der Waals surface area (Å²) in [6.45, 7) is 4.82. The number of nitrogens with zero attached hydrogens (tertiary/aromatic N) is 3. The molecule has 0 radical (unpaired) electrons. The number of halogens is 1. The van der Waals surface area contributed by atoms with Crippen molar-refractivity contribution in [3.05, 3.63) is 24.2 Å². The maximum absolute atomic E-state index is 11.9. The third-order valence-electron chi connectivity index (χ3n) is 5.50. The molecule has 0 aliphatic carbocycles. The molecule has 3 aliphatic heterocycles. The van der Waals surface area contributed by atoms with E-state index in [2.05, 4.69) is 10.2 Å². The molecule has 2 atom stereocenters. The highest BCUT2D eigenvalue weighted by Gasteiger charge is 2.36. The molecule has 7 nitrogen and oxygen atoms in total. The van der Waals surface area contributed by atoms with Crippen LogP contribution in [0.1, 0.15) is 31.4 Å². The summed E-state index contributed by atoms with van der Waals surface area (Å²) in [6.07, 6.45) is 6.64. The second kappa shape index (κ2) is 9.77. The van der Waals surface area contributed by atoms with Gasteiger partial charge in [0.15, 0.2) is 5.96 Å². The van der Waals surface area contributed by atoms with E-state index in [4.69, 9.17) is 14.1 Å². The van der Waals surface area contributed by atoms with Crippen LogP contribution in [0.25, 0.3) is 0 Å². The number of amides is 1. The monoisotopic (exact) mass is 488 g/mol. The molecule has 8 heteroatoms. The zero-order valence-corrected chi connectivity index (χ0v) is 18.0. The van der Waals surface area contributed by atoms with Gasteiger partial charge in [0, 0.05) is 51.7 Å². The first-order valence-corrected chi connectivity index (χ1v) is 9.76. The van der Waals surface area contributed by atoms with E-state index in [1.165, 1.54) is 0 Å². The van der Waals surface area contributed by atoms with E-state index in [1.54, 1.807) is 6.26 Å². The quantitative estimate of drug-likeness (QED) is 0.390. The van der Waals surface area contributed by atoms with E-state index in [9.17, 15) is 4.79 Å². The van der Waals surface area contributed by atoms with Gasteiger partial charge in [0.05, 0.1) is 18.9 Å². The van der Waals surface area contributed by atoms with Crippen LogP contribution in [0, 0.1) is 0 Å². The molecule has 27 heavy (non-hydrogen) atoms. The highest BCUT2D eigenvalue weighted by atomic mass is 127. The Bertz CT molecular complexity index is 631. The molecule has 1 aromatic heterocycles. The van der Waals surface area contributed by atoms with Gasteiger partial charge in [-0.25, -0.2) is 0 Å². The van der Waals surface area contributed by atoms with Crippen molar-refractivity contribution in [2.75, 3.05) is 39.3 Å². The summed E-state index contributed by atoms with van der Waals surface area (Å²) < 4.78 is 11.1. The number of piperazine rings is 1. The van der Waals surface area contributed by atoms with Gasteiger partial charge < -0.3 is 24.3 Å². The number of guanidine groups is 1. The lowest BCUT2D eigenvalue weighted by Crippen LogP contribution is -2.56. The summed E-state index contributed by atoms with van der Waals surface area (Å²) in [5.41, 5.74) is 0. The Hall–Kier alpha value is -1.29. The second-order valence-corrected chi connectivity index (χ2v) is 7.28. The number of hydrogen-bond donors (Lipinski definition) is 1. The molecule has 0 saturated carbocycles. The molecule has 4 heterocycles. The fourth-order valence-corrected chi connectivity index (χ4v) is 4.05. The van der Waals surface area contributed by atoms with Crippen molar-refractivity contribution < 1.29 is 13.9 Å². The number of hydrogen-bond acceptors (Lipinski definition) is 4. The third kappa shape index (κ3) is 5.16. The van der Waals surface area contributed by atoms with Gasteiger partial charge in [0.25, 0.3) is 0 Å². The Balaban J connectivity index is 0.00000210. The van der Waals surface area contributed by atoms with E-state index in [0.29, 0.717) is 24.9 Å². The topological polar surface area (TPSA) is 70.3 Å². The van der Waals surface area contributed by atoms with Crippen molar-refractivity contribution >= 4 is 35.8 Å². The molecule has 1 aromatic rings. The molecule has 3 aliphatic rings. The molecular weight excluding hydrogens is 459 g/mol. The van der Waals surface area contributed by atoms with E-state index < -0.39 is 0 Å². The first-order valence-electron chi connectivity index (χ1n) is 9.76. The zero-order chi connectivity index (χ0) is 17.8. The van der Waals surface area contributed by atoms with E-state index in [1.807, 2.05) is 17.0 Å². The lowest BCUT2D eigenvalue weighted by molar-refractivity contribution is -0.130. The highest BCUT2D eigenvalue weighted by molar-refractivity contribution is 14.0. The Morgan fingerprint density at radius 2 is 2.26 bits per heavy atom. The lowest BCUT2D eigenvalue weighted by atomic mass is 10.1. The molecule has 0 spiro atoms. The fourth-order valence-electron chi connectivity index (χ4n) is 4.05. The molecule has 150 valence electrons. The van der Waals surface area contributed by atoms with Gasteiger partial charge >= 0.3 is 0 Å². The predicted octanol–water partition coefficient (Wildman–Crippen LogP) is 1.87. The van der Waals surface area contributed by atoms with Crippen molar-refractivity contribution in [2.45, 2.75) is 44.2 Å². The number of furan rings is 1. The highest BCUT2D eigenvalue weighted by Crippen LogP contribution is 2.23. The number of carbonyl (C=O) groups is 1. The first-order chi connectivity index (χ1) is 12.8. The van der Waals surface area contributed by atoms with E-state index >= 15 is 0 Å². The Morgan fingerprint density at radius 3 is 3.04 bits per heavy atom. The van der Waals surface area contributed by atoms with Crippen LogP contribution < -0.4 is 5.32 Å². The Labute approximate surface area is 177 Å². The van der Waals surface area contributed by atoms with Gasteiger partial charge in [-0.2, -0.15) is 0 Å². The molecule has 0 aromatic carbocycles. The molecule has 3 fully saturated rings. The molecular formula is C19H29IN4O3. The number of nitrogens with one attached hydrogen (secondary N) is 1. The standard InChI is InChI=1S/C19H28N4O3.HI/c24-18-6-5-15-14-22(9-10-23(15)18)19(21-13-17-4-2-12-26-17)20-8-7-16-3-1-11-25-16;/h1,3,11,15,17H,2,4-10,12-14H2,(H,20,21);1H.